The molecule has 6 heteroatoms. The third-order valence-corrected chi connectivity index (χ3v) is 5.52. The van der Waals surface area contributed by atoms with Gasteiger partial charge in [0, 0.05) is 57.3 Å². The number of ether oxygens (including phenoxy) is 1. The van der Waals surface area contributed by atoms with Gasteiger partial charge < -0.3 is 14.5 Å². The fourth-order valence-corrected chi connectivity index (χ4v) is 3.88. The van der Waals surface area contributed by atoms with Crippen molar-refractivity contribution in [3.63, 3.8) is 0 Å². The van der Waals surface area contributed by atoms with Crippen molar-refractivity contribution in [2.45, 2.75) is 45.6 Å². The summed E-state index contributed by atoms with van der Waals surface area (Å²) in [5.74, 6) is 0.724. The molecule has 3 heterocycles. The summed E-state index contributed by atoms with van der Waals surface area (Å²) in [5.41, 5.74) is 0.867. The van der Waals surface area contributed by atoms with Gasteiger partial charge in [0.1, 0.15) is 5.60 Å². The second kappa shape index (κ2) is 8.91. The number of rotatable bonds is 4. The van der Waals surface area contributed by atoms with Gasteiger partial charge in [0.2, 0.25) is 0 Å². The Bertz CT molecular complexity index is 586. The molecule has 27 heavy (non-hydrogen) atoms. The Morgan fingerprint density at radius 3 is 2.30 bits per heavy atom. The van der Waals surface area contributed by atoms with Crippen molar-refractivity contribution in [3.8, 4) is 0 Å². The quantitative estimate of drug-likeness (QED) is 0.810. The average molecular weight is 375 g/mol. The van der Waals surface area contributed by atoms with Crippen molar-refractivity contribution >= 4 is 11.8 Å². The first kappa shape index (κ1) is 19.9. The van der Waals surface area contributed by atoms with E-state index in [9.17, 15) is 4.79 Å². The fourth-order valence-electron chi connectivity index (χ4n) is 3.88. The number of likely N-dealkylation sites (tertiary alicyclic amines) is 1. The number of amides is 1. The number of carbonyl (C=O) groups excluding carboxylic acids is 1. The minimum atomic E-state index is -0.410. The molecule has 3 rings (SSSR count). The van der Waals surface area contributed by atoms with E-state index in [1.54, 1.807) is 0 Å². The zero-order valence-electron chi connectivity index (χ0n) is 17.1. The van der Waals surface area contributed by atoms with E-state index < -0.39 is 5.60 Å². The van der Waals surface area contributed by atoms with E-state index in [4.69, 9.17) is 4.74 Å². The molecule has 0 aliphatic carbocycles. The second-order valence-electron chi connectivity index (χ2n) is 8.73. The Morgan fingerprint density at radius 1 is 1.07 bits per heavy atom. The first-order valence-corrected chi connectivity index (χ1v) is 10.3. The highest BCUT2D eigenvalue weighted by molar-refractivity contribution is 5.68. The summed E-state index contributed by atoms with van der Waals surface area (Å²) in [6.45, 7) is 13.0. The lowest BCUT2D eigenvalue weighted by molar-refractivity contribution is 0.0177. The molecule has 0 bridgehead atoms. The molecular formula is C21H34N4O2. The molecule has 0 saturated carbocycles. The van der Waals surface area contributed by atoms with Crippen molar-refractivity contribution in [2.75, 3.05) is 50.7 Å². The summed E-state index contributed by atoms with van der Waals surface area (Å²) in [6, 6.07) is 4.18. The van der Waals surface area contributed by atoms with Crippen molar-refractivity contribution in [2.24, 2.45) is 5.92 Å². The molecule has 1 aromatic heterocycles. The van der Waals surface area contributed by atoms with Gasteiger partial charge in [-0.15, -0.1) is 0 Å². The van der Waals surface area contributed by atoms with Gasteiger partial charge in [-0.3, -0.25) is 9.88 Å². The van der Waals surface area contributed by atoms with Crippen LogP contribution in [0.15, 0.2) is 24.5 Å². The highest BCUT2D eigenvalue weighted by Gasteiger charge is 2.27. The molecule has 2 aliphatic rings. The number of hydrogen-bond donors (Lipinski definition) is 0. The smallest absolute Gasteiger partial charge is 0.410 e. The molecule has 0 unspecified atom stereocenters. The standard InChI is InChI=1S/C21H34N4O2/c1-21(2,3)27-20(26)25-12-7-18(8-13-25)6-11-23-14-16-24(17-15-23)19-4-9-22-10-5-19/h4-5,9-10,18H,6-8,11-17H2,1-3H3. The zero-order chi connectivity index (χ0) is 19.3. The van der Waals surface area contributed by atoms with Crippen molar-refractivity contribution < 1.29 is 9.53 Å². The third kappa shape index (κ3) is 6.09. The number of aromatic nitrogens is 1. The first-order valence-electron chi connectivity index (χ1n) is 10.3. The second-order valence-corrected chi connectivity index (χ2v) is 8.73. The van der Waals surface area contributed by atoms with Crippen LogP contribution in [-0.2, 0) is 4.74 Å². The number of piperidine rings is 1. The minimum Gasteiger partial charge on any atom is -0.444 e. The first-order chi connectivity index (χ1) is 12.9. The summed E-state index contributed by atoms with van der Waals surface area (Å²) in [4.78, 5) is 23.2. The predicted molar refractivity (Wildman–Crippen MR) is 108 cm³/mol. The molecule has 2 saturated heterocycles. The molecule has 0 radical (unpaired) electrons. The minimum absolute atomic E-state index is 0.159. The van der Waals surface area contributed by atoms with Gasteiger partial charge in [-0.2, -0.15) is 0 Å². The number of nitrogens with zero attached hydrogens (tertiary/aromatic N) is 4. The van der Waals surface area contributed by atoms with Crippen molar-refractivity contribution in [1.82, 2.24) is 14.8 Å². The molecule has 6 nitrogen and oxygen atoms in total. The van der Waals surface area contributed by atoms with Crippen LogP contribution in [0.5, 0.6) is 0 Å². The Kier molecular flexibility index (Phi) is 6.58. The predicted octanol–water partition coefficient (Wildman–Crippen LogP) is 3.24. The molecule has 1 amide bonds. The number of piperazine rings is 1. The maximum atomic E-state index is 12.2. The summed E-state index contributed by atoms with van der Waals surface area (Å²) in [6.07, 6.45) is 6.99. The Balaban J connectivity index is 1.33. The maximum Gasteiger partial charge on any atom is 0.410 e. The van der Waals surface area contributed by atoms with Crippen LogP contribution in [0, 0.1) is 5.92 Å². The summed E-state index contributed by atoms with van der Waals surface area (Å²) in [5, 5.41) is 0. The topological polar surface area (TPSA) is 48.9 Å². The van der Waals surface area contributed by atoms with E-state index in [2.05, 4.69) is 26.9 Å². The van der Waals surface area contributed by atoms with E-state index in [1.807, 2.05) is 38.1 Å². The van der Waals surface area contributed by atoms with Crippen LogP contribution in [0.3, 0.4) is 0 Å². The van der Waals surface area contributed by atoms with E-state index in [0.717, 1.165) is 58.0 Å². The summed E-state index contributed by atoms with van der Waals surface area (Å²) in [7, 11) is 0. The molecule has 0 N–H and O–H groups in total. The normalized spacial score (nSPS) is 20.0. The van der Waals surface area contributed by atoms with E-state index in [1.165, 1.54) is 18.7 Å². The Morgan fingerprint density at radius 2 is 1.70 bits per heavy atom. The number of pyridine rings is 1. The molecule has 0 spiro atoms. The lowest BCUT2D eigenvalue weighted by Crippen LogP contribution is -2.47. The van der Waals surface area contributed by atoms with E-state index in [-0.39, 0.29) is 6.09 Å². The van der Waals surface area contributed by atoms with Crippen LogP contribution < -0.4 is 4.90 Å². The lowest BCUT2D eigenvalue weighted by atomic mass is 9.93. The van der Waals surface area contributed by atoms with Crippen molar-refractivity contribution in [1.29, 1.82) is 0 Å². The summed E-state index contributed by atoms with van der Waals surface area (Å²) < 4.78 is 5.48. The van der Waals surface area contributed by atoms with Gasteiger partial charge in [0.25, 0.3) is 0 Å². The van der Waals surface area contributed by atoms with Gasteiger partial charge in [0.05, 0.1) is 0 Å². The molecular weight excluding hydrogens is 340 g/mol. The Labute approximate surface area is 163 Å². The highest BCUT2D eigenvalue weighted by Crippen LogP contribution is 2.23. The van der Waals surface area contributed by atoms with Gasteiger partial charge in [0.15, 0.2) is 0 Å². The van der Waals surface area contributed by atoms with Gasteiger partial charge in [-0.05, 0) is 64.6 Å². The summed E-state index contributed by atoms with van der Waals surface area (Å²) >= 11 is 0. The number of anilines is 1. The monoisotopic (exact) mass is 374 g/mol. The van der Waals surface area contributed by atoms with Crippen LogP contribution in [0.25, 0.3) is 0 Å². The molecule has 2 fully saturated rings. The SMILES string of the molecule is CC(C)(C)OC(=O)N1CCC(CCN2CCN(c3ccncc3)CC2)CC1. The lowest BCUT2D eigenvalue weighted by Gasteiger charge is -2.37. The van der Waals surface area contributed by atoms with Crippen LogP contribution in [0.1, 0.15) is 40.0 Å². The van der Waals surface area contributed by atoms with Crippen LogP contribution in [0.4, 0.5) is 10.5 Å². The fraction of sp³-hybridized carbons (Fsp3) is 0.714. The molecule has 150 valence electrons. The van der Waals surface area contributed by atoms with Crippen molar-refractivity contribution in [3.05, 3.63) is 24.5 Å². The molecule has 2 aliphatic heterocycles. The van der Waals surface area contributed by atoms with Gasteiger partial charge in [-0.1, -0.05) is 0 Å². The highest BCUT2D eigenvalue weighted by atomic mass is 16.6. The maximum absolute atomic E-state index is 12.2. The van der Waals surface area contributed by atoms with Gasteiger partial charge in [-0.25, -0.2) is 4.79 Å². The van der Waals surface area contributed by atoms with Crippen LogP contribution in [0.2, 0.25) is 0 Å². The molecule has 1 aromatic rings. The van der Waals surface area contributed by atoms with Crippen LogP contribution in [-0.4, -0.2) is 72.3 Å². The molecule has 0 aromatic carbocycles. The van der Waals surface area contributed by atoms with E-state index in [0.29, 0.717) is 0 Å². The van der Waals surface area contributed by atoms with E-state index >= 15 is 0 Å². The zero-order valence-corrected chi connectivity index (χ0v) is 17.1. The molecule has 0 atom stereocenters. The Hall–Kier alpha value is -1.82. The number of hydrogen-bond acceptors (Lipinski definition) is 5. The largest absolute Gasteiger partial charge is 0.444 e. The third-order valence-electron chi connectivity index (χ3n) is 5.52. The number of carbonyl (C=O) groups is 1. The van der Waals surface area contributed by atoms with Gasteiger partial charge >= 0.3 is 6.09 Å². The average Bonchev–Trinajstić information content (AvgIpc) is 2.66. The van der Waals surface area contributed by atoms with Crippen LogP contribution >= 0.6 is 0 Å².